The summed E-state index contributed by atoms with van der Waals surface area (Å²) < 4.78 is 5.48. The highest BCUT2D eigenvalue weighted by Gasteiger charge is 2.12. The molecule has 0 fully saturated rings. The highest BCUT2D eigenvalue weighted by molar-refractivity contribution is 5.88. The fourth-order valence-corrected chi connectivity index (χ4v) is 2.80. The number of hydrogen-bond acceptors (Lipinski definition) is 3. The molecule has 2 N–H and O–H groups in total. The average molecular weight is 325 g/mol. The van der Waals surface area contributed by atoms with E-state index in [-0.39, 0.29) is 17.9 Å². The molecule has 0 aliphatic carbocycles. The molecule has 2 aromatic carbocycles. The summed E-state index contributed by atoms with van der Waals surface area (Å²) >= 11 is 0. The summed E-state index contributed by atoms with van der Waals surface area (Å²) in [6.45, 7) is 1.29. The van der Waals surface area contributed by atoms with Gasteiger partial charge in [-0.3, -0.25) is 4.79 Å². The third-order valence-electron chi connectivity index (χ3n) is 4.03. The fourth-order valence-electron chi connectivity index (χ4n) is 2.80. The molecule has 0 unspecified atom stereocenters. The molecule has 5 heteroatoms. The van der Waals surface area contributed by atoms with Gasteiger partial charge >= 0.3 is 5.97 Å². The lowest BCUT2D eigenvalue weighted by molar-refractivity contribution is -0.120. The first-order chi connectivity index (χ1) is 11.6. The molecule has 2 aromatic rings. The van der Waals surface area contributed by atoms with Gasteiger partial charge in [-0.25, -0.2) is 4.79 Å². The van der Waals surface area contributed by atoms with Crippen LogP contribution in [0.15, 0.2) is 42.5 Å². The average Bonchev–Trinajstić information content (AvgIpc) is 3.02. The Kier molecular flexibility index (Phi) is 4.79. The van der Waals surface area contributed by atoms with Crippen LogP contribution in [0.4, 0.5) is 0 Å². The number of carboxylic acids is 1. The Morgan fingerprint density at radius 2 is 2.00 bits per heavy atom. The zero-order chi connectivity index (χ0) is 16.9. The van der Waals surface area contributed by atoms with Crippen molar-refractivity contribution in [2.75, 3.05) is 13.2 Å². The van der Waals surface area contributed by atoms with Crippen LogP contribution >= 0.6 is 0 Å². The Morgan fingerprint density at radius 3 is 2.83 bits per heavy atom. The van der Waals surface area contributed by atoms with Crippen LogP contribution in [0.25, 0.3) is 0 Å². The standard InChI is InChI=1S/C19H19NO4/c21-18(12-14-2-1-3-16(11-14)19(22)23)20-8-6-13-4-5-17-15(10-13)7-9-24-17/h1-5,10-11H,6-9,12H2,(H,20,21)(H,22,23). The number of hydrogen-bond donors (Lipinski definition) is 2. The van der Waals surface area contributed by atoms with Crippen LogP contribution < -0.4 is 10.1 Å². The molecular weight excluding hydrogens is 306 g/mol. The summed E-state index contributed by atoms with van der Waals surface area (Å²) in [7, 11) is 0. The van der Waals surface area contributed by atoms with Crippen molar-refractivity contribution in [1.82, 2.24) is 5.32 Å². The summed E-state index contributed by atoms with van der Waals surface area (Å²) in [6.07, 6.45) is 1.88. The van der Waals surface area contributed by atoms with Crippen molar-refractivity contribution in [3.8, 4) is 5.75 Å². The van der Waals surface area contributed by atoms with Crippen LogP contribution in [-0.2, 0) is 24.1 Å². The summed E-state index contributed by atoms with van der Waals surface area (Å²) in [5, 5.41) is 11.8. The maximum Gasteiger partial charge on any atom is 0.335 e. The van der Waals surface area contributed by atoms with Crippen molar-refractivity contribution in [2.24, 2.45) is 0 Å². The van der Waals surface area contributed by atoms with E-state index in [1.807, 2.05) is 12.1 Å². The van der Waals surface area contributed by atoms with E-state index in [2.05, 4.69) is 11.4 Å². The van der Waals surface area contributed by atoms with E-state index >= 15 is 0 Å². The number of carboxylic acid groups (broad SMARTS) is 1. The molecule has 24 heavy (non-hydrogen) atoms. The minimum atomic E-state index is -0.988. The fraction of sp³-hybridized carbons (Fsp3) is 0.263. The van der Waals surface area contributed by atoms with Gasteiger partial charge in [-0.05, 0) is 41.3 Å². The van der Waals surface area contributed by atoms with E-state index in [0.717, 1.165) is 25.2 Å². The molecule has 3 rings (SSSR count). The molecule has 0 atom stereocenters. The first kappa shape index (κ1) is 16.1. The van der Waals surface area contributed by atoms with Crippen molar-refractivity contribution in [3.05, 3.63) is 64.7 Å². The largest absolute Gasteiger partial charge is 0.493 e. The van der Waals surface area contributed by atoms with Crippen LogP contribution in [0.1, 0.15) is 27.0 Å². The second kappa shape index (κ2) is 7.17. The molecule has 0 radical (unpaired) electrons. The molecule has 124 valence electrons. The zero-order valence-electron chi connectivity index (χ0n) is 13.2. The molecular formula is C19H19NO4. The monoisotopic (exact) mass is 325 g/mol. The molecule has 0 spiro atoms. The van der Waals surface area contributed by atoms with E-state index in [1.165, 1.54) is 23.3 Å². The Hall–Kier alpha value is -2.82. The van der Waals surface area contributed by atoms with Crippen LogP contribution in [0.3, 0.4) is 0 Å². The zero-order valence-corrected chi connectivity index (χ0v) is 13.2. The molecule has 5 nitrogen and oxygen atoms in total. The number of carbonyl (C=O) groups is 2. The Labute approximate surface area is 140 Å². The van der Waals surface area contributed by atoms with Gasteiger partial charge < -0.3 is 15.2 Å². The number of rotatable bonds is 6. The van der Waals surface area contributed by atoms with E-state index in [9.17, 15) is 9.59 Å². The molecule has 0 aromatic heterocycles. The SMILES string of the molecule is O=C(Cc1cccc(C(=O)O)c1)NCCc1ccc2c(c1)CCO2. The third-order valence-corrected chi connectivity index (χ3v) is 4.03. The van der Waals surface area contributed by atoms with Gasteiger partial charge in [-0.15, -0.1) is 0 Å². The first-order valence-corrected chi connectivity index (χ1v) is 7.95. The third kappa shape index (κ3) is 3.93. The van der Waals surface area contributed by atoms with Gasteiger partial charge in [0.15, 0.2) is 0 Å². The predicted octanol–water partition coefficient (Wildman–Crippen LogP) is 2.22. The van der Waals surface area contributed by atoms with Crippen molar-refractivity contribution in [2.45, 2.75) is 19.3 Å². The van der Waals surface area contributed by atoms with Gasteiger partial charge in [0.1, 0.15) is 5.75 Å². The topological polar surface area (TPSA) is 75.6 Å². The van der Waals surface area contributed by atoms with E-state index in [4.69, 9.17) is 9.84 Å². The van der Waals surface area contributed by atoms with Crippen LogP contribution in [-0.4, -0.2) is 30.1 Å². The highest BCUT2D eigenvalue weighted by atomic mass is 16.5. The van der Waals surface area contributed by atoms with E-state index < -0.39 is 5.97 Å². The number of fused-ring (bicyclic) bond motifs is 1. The van der Waals surface area contributed by atoms with Crippen LogP contribution in [0, 0.1) is 0 Å². The Balaban J connectivity index is 1.49. The normalized spacial score (nSPS) is 12.3. The van der Waals surface area contributed by atoms with Crippen molar-refractivity contribution >= 4 is 11.9 Å². The summed E-state index contributed by atoms with van der Waals surface area (Å²) in [5.41, 5.74) is 3.29. The number of aromatic carboxylic acids is 1. The maximum atomic E-state index is 12.0. The van der Waals surface area contributed by atoms with Gasteiger partial charge in [0.25, 0.3) is 0 Å². The quantitative estimate of drug-likeness (QED) is 0.854. The molecule has 0 bridgehead atoms. The number of benzene rings is 2. The number of carbonyl (C=O) groups excluding carboxylic acids is 1. The van der Waals surface area contributed by atoms with Gasteiger partial charge in [0, 0.05) is 13.0 Å². The smallest absolute Gasteiger partial charge is 0.335 e. The lowest BCUT2D eigenvalue weighted by Crippen LogP contribution is -2.27. The molecule has 1 amide bonds. The lowest BCUT2D eigenvalue weighted by atomic mass is 10.1. The van der Waals surface area contributed by atoms with Gasteiger partial charge in [0.05, 0.1) is 18.6 Å². The lowest BCUT2D eigenvalue weighted by Gasteiger charge is -2.07. The first-order valence-electron chi connectivity index (χ1n) is 7.95. The molecule has 1 aliphatic rings. The second-order valence-electron chi connectivity index (χ2n) is 5.82. The Bertz CT molecular complexity index is 770. The van der Waals surface area contributed by atoms with Gasteiger partial charge in [-0.2, -0.15) is 0 Å². The number of ether oxygens (including phenoxy) is 1. The minimum Gasteiger partial charge on any atom is -0.493 e. The molecule has 1 aliphatic heterocycles. The van der Waals surface area contributed by atoms with E-state index in [1.54, 1.807) is 12.1 Å². The number of amides is 1. The minimum absolute atomic E-state index is 0.109. The van der Waals surface area contributed by atoms with Gasteiger partial charge in [0.2, 0.25) is 5.91 Å². The Morgan fingerprint density at radius 1 is 1.12 bits per heavy atom. The van der Waals surface area contributed by atoms with Crippen molar-refractivity contribution < 1.29 is 19.4 Å². The molecule has 1 heterocycles. The maximum absolute atomic E-state index is 12.0. The predicted molar refractivity (Wildman–Crippen MR) is 89.5 cm³/mol. The summed E-state index contributed by atoms with van der Waals surface area (Å²) in [4.78, 5) is 22.9. The molecule has 0 saturated heterocycles. The second-order valence-corrected chi connectivity index (χ2v) is 5.82. The van der Waals surface area contributed by atoms with E-state index in [0.29, 0.717) is 12.1 Å². The van der Waals surface area contributed by atoms with Crippen molar-refractivity contribution in [3.63, 3.8) is 0 Å². The molecule has 0 saturated carbocycles. The van der Waals surface area contributed by atoms with Crippen LogP contribution in [0.2, 0.25) is 0 Å². The van der Waals surface area contributed by atoms with Crippen LogP contribution in [0.5, 0.6) is 5.75 Å². The summed E-state index contributed by atoms with van der Waals surface area (Å²) in [6, 6.07) is 12.6. The highest BCUT2D eigenvalue weighted by Crippen LogP contribution is 2.25. The van der Waals surface area contributed by atoms with Crippen molar-refractivity contribution in [1.29, 1.82) is 0 Å². The number of nitrogens with one attached hydrogen (secondary N) is 1. The van der Waals surface area contributed by atoms with Gasteiger partial charge in [-0.1, -0.05) is 24.3 Å². The summed E-state index contributed by atoms with van der Waals surface area (Å²) in [5.74, 6) is -0.138.